The van der Waals surface area contributed by atoms with Crippen LogP contribution in [-0.4, -0.2) is 76.4 Å². The molecule has 0 aliphatic carbocycles. The van der Waals surface area contributed by atoms with Crippen LogP contribution in [0.5, 0.6) is 11.5 Å². The average molecular weight is 858 g/mol. The van der Waals surface area contributed by atoms with E-state index >= 15 is 0 Å². The second-order valence-electron chi connectivity index (χ2n) is 13.5. The van der Waals surface area contributed by atoms with E-state index < -0.39 is 60.4 Å². The van der Waals surface area contributed by atoms with Gasteiger partial charge in [0.15, 0.2) is 11.2 Å². The predicted molar refractivity (Wildman–Crippen MR) is 190 cm³/mol. The van der Waals surface area contributed by atoms with Crippen molar-refractivity contribution >= 4 is 48.5 Å². The summed E-state index contributed by atoms with van der Waals surface area (Å²) >= 11 is 6.60. The van der Waals surface area contributed by atoms with E-state index in [0.29, 0.717) is 39.2 Å². The highest BCUT2D eigenvalue weighted by Crippen LogP contribution is 2.45. The molecule has 1 heterocycles. The first-order valence-corrected chi connectivity index (χ1v) is 17.1. The third-order valence-corrected chi connectivity index (χ3v) is 9.61. The minimum atomic E-state index is -4.92. The van der Waals surface area contributed by atoms with Crippen LogP contribution in [0.15, 0.2) is 69.7 Å². The van der Waals surface area contributed by atoms with Crippen LogP contribution in [0, 0.1) is 0 Å². The first-order chi connectivity index (χ1) is 23.4. The molecule has 2 atom stereocenters. The molecule has 4 aromatic rings. The number of aromatic amines is 1. The Bertz CT molecular complexity index is 1780. The Kier molecular flexibility index (Phi) is 13.2. The number of hydrogen-bond acceptors (Lipinski definition) is 7. The maximum atomic E-state index is 14.0. The number of anilines is 1. The highest BCUT2D eigenvalue weighted by molar-refractivity contribution is 9.10. The fourth-order valence-electron chi connectivity index (χ4n) is 5.97. The summed E-state index contributed by atoms with van der Waals surface area (Å²) in [5.74, 6) is 0.867. The average Bonchev–Trinajstić information content (AvgIpc) is 3.52. The maximum absolute atomic E-state index is 14.0. The number of aromatic nitrogens is 2. The maximum Gasteiger partial charge on any atom is 0.419 e. The number of halogens is 8. The van der Waals surface area contributed by atoms with Gasteiger partial charge in [-0.1, -0.05) is 77.8 Å². The Morgan fingerprint density at radius 2 is 1.22 bits per heavy atom. The van der Waals surface area contributed by atoms with Crippen molar-refractivity contribution in [2.75, 3.05) is 32.7 Å². The second-order valence-corrected chi connectivity index (χ2v) is 15.3. The largest absolute Gasteiger partial charge is 0.496 e. The van der Waals surface area contributed by atoms with Crippen LogP contribution in [0.4, 0.5) is 32.0 Å². The minimum absolute atomic E-state index is 0.414. The summed E-state index contributed by atoms with van der Waals surface area (Å²) in [7, 11) is 2.88. The Labute approximate surface area is 308 Å². The van der Waals surface area contributed by atoms with E-state index in [1.807, 2.05) is 0 Å². The van der Waals surface area contributed by atoms with Gasteiger partial charge in [0.2, 0.25) is 0 Å². The first kappa shape index (κ1) is 42.4. The van der Waals surface area contributed by atoms with Crippen LogP contribution >= 0.6 is 31.9 Å². The van der Waals surface area contributed by atoms with Gasteiger partial charge in [0, 0.05) is 20.0 Å². The number of rotatable bonds is 12. The molecule has 282 valence electrons. The van der Waals surface area contributed by atoms with Gasteiger partial charge in [-0.2, -0.15) is 31.4 Å². The molecular formula is C35H41Br2F6N3O5. The summed E-state index contributed by atoms with van der Waals surface area (Å²) in [4.78, 5) is 0. The van der Waals surface area contributed by atoms with Crippen LogP contribution in [-0.2, 0) is 10.8 Å². The molecular weight excluding hydrogens is 816 g/mol. The van der Waals surface area contributed by atoms with Crippen molar-refractivity contribution in [2.45, 2.75) is 74.9 Å². The van der Waals surface area contributed by atoms with E-state index in [1.54, 1.807) is 82.3 Å². The van der Waals surface area contributed by atoms with Gasteiger partial charge >= 0.3 is 12.4 Å². The lowest BCUT2D eigenvalue weighted by Gasteiger charge is -2.38. The van der Waals surface area contributed by atoms with Gasteiger partial charge in [-0.15, -0.1) is 0 Å². The first-order valence-electron chi connectivity index (χ1n) is 15.5. The standard InChI is InChI=1S/C21H23BrF3N3O2.C14H18BrF3O3/c1-19(2,15-8-7-13(22)9-18(15)30-3)11-20(29,21(23,24)25)12-26-16-5-4-6-17-14(16)10-27-28-17;1-12(2,7-13(20,8-19)14(16,17)18)10-5-4-9(15)6-11(10)21-3/h4-10,26,29H,11-12H2,1-3H3,(H,27,28);4-6,19-20H,7-8H2,1-3H3. The molecule has 0 saturated carbocycles. The van der Waals surface area contributed by atoms with Crippen LogP contribution in [0.25, 0.3) is 10.9 Å². The van der Waals surface area contributed by atoms with Crippen LogP contribution < -0.4 is 14.8 Å². The number of aliphatic hydroxyl groups excluding tert-OH is 1. The minimum Gasteiger partial charge on any atom is -0.496 e. The van der Waals surface area contributed by atoms with Crippen LogP contribution in [0.2, 0.25) is 0 Å². The highest BCUT2D eigenvalue weighted by atomic mass is 79.9. The van der Waals surface area contributed by atoms with Gasteiger partial charge in [0.05, 0.1) is 39.1 Å². The zero-order chi connectivity index (χ0) is 38.6. The molecule has 2 unspecified atom stereocenters. The van der Waals surface area contributed by atoms with Crippen molar-refractivity contribution in [2.24, 2.45) is 0 Å². The normalized spacial score (nSPS) is 15.0. The molecule has 0 saturated heterocycles. The van der Waals surface area contributed by atoms with Crippen molar-refractivity contribution in [3.8, 4) is 11.5 Å². The van der Waals surface area contributed by atoms with Crippen molar-refractivity contribution in [1.29, 1.82) is 0 Å². The number of benzene rings is 3. The van der Waals surface area contributed by atoms with E-state index in [4.69, 9.17) is 14.6 Å². The number of ether oxygens (including phenoxy) is 2. The highest BCUT2D eigenvalue weighted by Gasteiger charge is 2.57. The Morgan fingerprint density at radius 1 is 0.745 bits per heavy atom. The van der Waals surface area contributed by atoms with E-state index in [-0.39, 0.29) is 0 Å². The van der Waals surface area contributed by atoms with Gasteiger partial charge < -0.3 is 30.1 Å². The number of hydrogen-bond donors (Lipinski definition) is 5. The number of H-pyrrole nitrogens is 1. The molecule has 3 aromatic carbocycles. The quantitative estimate of drug-likeness (QED) is 0.0905. The van der Waals surface area contributed by atoms with Gasteiger partial charge in [0.1, 0.15) is 11.5 Å². The zero-order valence-electron chi connectivity index (χ0n) is 28.7. The predicted octanol–water partition coefficient (Wildman–Crippen LogP) is 8.82. The fraction of sp³-hybridized carbons (Fsp3) is 0.457. The molecule has 0 amide bonds. The third-order valence-electron chi connectivity index (χ3n) is 8.63. The van der Waals surface area contributed by atoms with E-state index in [2.05, 4.69) is 47.4 Å². The molecule has 0 aliphatic rings. The molecule has 1 aromatic heterocycles. The molecule has 0 spiro atoms. The lowest BCUT2D eigenvalue weighted by atomic mass is 9.74. The summed E-state index contributed by atoms with van der Waals surface area (Å²) in [5.41, 5.74) is -5.97. The van der Waals surface area contributed by atoms with E-state index in [9.17, 15) is 36.6 Å². The molecule has 0 fully saturated rings. The molecule has 0 bridgehead atoms. The van der Waals surface area contributed by atoms with Gasteiger partial charge in [-0.25, -0.2) is 0 Å². The number of alkyl halides is 6. The van der Waals surface area contributed by atoms with Crippen molar-refractivity contribution in [1.82, 2.24) is 10.2 Å². The summed E-state index contributed by atoms with van der Waals surface area (Å²) in [6.45, 7) is 4.34. The molecule has 5 N–H and O–H groups in total. The third kappa shape index (κ3) is 9.89. The summed E-state index contributed by atoms with van der Waals surface area (Å²) < 4.78 is 92.9. The fourth-order valence-corrected chi connectivity index (χ4v) is 6.65. The van der Waals surface area contributed by atoms with E-state index in [0.717, 1.165) is 8.95 Å². The SMILES string of the molecule is COc1cc(Br)ccc1C(C)(C)CC(O)(CNc1cccc2[nH]ncc12)C(F)(F)F.COc1cc(Br)ccc1C(C)(C)CC(O)(CO)C(F)(F)F. The Morgan fingerprint density at radius 3 is 1.65 bits per heavy atom. The van der Waals surface area contributed by atoms with Crippen molar-refractivity contribution in [3.63, 3.8) is 0 Å². The molecule has 51 heavy (non-hydrogen) atoms. The number of nitrogens with zero attached hydrogens (tertiary/aromatic N) is 1. The van der Waals surface area contributed by atoms with Crippen molar-refractivity contribution < 1.29 is 51.1 Å². The summed E-state index contributed by atoms with van der Waals surface area (Å²) in [6.07, 6.45) is -9.47. The summed E-state index contributed by atoms with van der Waals surface area (Å²) in [6, 6.07) is 15.2. The van der Waals surface area contributed by atoms with Crippen molar-refractivity contribution in [3.05, 3.63) is 80.9 Å². The molecule has 0 aliphatic heterocycles. The van der Waals surface area contributed by atoms with Gasteiger partial charge in [-0.3, -0.25) is 5.10 Å². The zero-order valence-corrected chi connectivity index (χ0v) is 31.9. The van der Waals surface area contributed by atoms with Crippen LogP contribution in [0.3, 0.4) is 0 Å². The number of nitrogens with one attached hydrogen (secondary N) is 2. The van der Waals surface area contributed by atoms with Gasteiger partial charge in [0.25, 0.3) is 0 Å². The Balaban J connectivity index is 0.000000295. The number of aliphatic hydroxyl groups is 3. The van der Waals surface area contributed by atoms with Gasteiger partial charge in [-0.05, 0) is 71.2 Å². The molecule has 16 heteroatoms. The lowest BCUT2D eigenvalue weighted by Crippen LogP contribution is -2.53. The Hall–Kier alpha value is -3.05. The topological polar surface area (TPSA) is 120 Å². The molecule has 0 radical (unpaired) electrons. The number of fused-ring (bicyclic) bond motifs is 1. The van der Waals surface area contributed by atoms with E-state index in [1.165, 1.54) is 20.4 Å². The smallest absolute Gasteiger partial charge is 0.419 e. The summed E-state index contributed by atoms with van der Waals surface area (Å²) in [5, 5.41) is 39.6. The van der Waals surface area contributed by atoms with Crippen LogP contribution in [0.1, 0.15) is 51.7 Å². The number of methoxy groups -OCH3 is 2. The lowest BCUT2D eigenvalue weighted by molar-refractivity contribution is -0.277. The monoisotopic (exact) mass is 855 g/mol. The molecule has 4 rings (SSSR count). The molecule has 8 nitrogen and oxygen atoms in total. The second kappa shape index (κ2) is 15.9.